The first-order chi connectivity index (χ1) is 42.0. The summed E-state index contributed by atoms with van der Waals surface area (Å²) in [4.78, 5) is 105. The van der Waals surface area contributed by atoms with Gasteiger partial charge in [0.25, 0.3) is 0 Å². The highest BCUT2D eigenvalue weighted by Gasteiger charge is 2.42. The third-order valence-electron chi connectivity index (χ3n) is 16.2. The van der Waals surface area contributed by atoms with Crippen LogP contribution >= 0.6 is 0 Å². The molecule has 0 saturated heterocycles. The summed E-state index contributed by atoms with van der Waals surface area (Å²) in [6.45, 7) is -2.45. The fraction of sp³-hybridized carbons (Fsp3) is 0.467. The van der Waals surface area contributed by atoms with Crippen LogP contribution in [-0.2, 0) is 64.5 Å². The molecule has 28 heteroatoms. The number of carbonyl (C=O) groups is 8. The minimum absolute atomic E-state index is 0.132. The highest BCUT2D eigenvalue weighted by molar-refractivity contribution is 5.77. The third-order valence-corrected chi connectivity index (χ3v) is 16.2. The van der Waals surface area contributed by atoms with E-state index in [-0.39, 0.29) is 93.9 Å². The molecule has 0 amide bonds. The first-order valence-electron chi connectivity index (χ1n) is 28.5. The highest BCUT2D eigenvalue weighted by Crippen LogP contribution is 2.58. The Bertz CT molecular complexity index is 2830. The van der Waals surface area contributed by atoms with E-state index in [0.717, 1.165) is 0 Å². The van der Waals surface area contributed by atoms with Crippen molar-refractivity contribution >= 4 is 47.8 Å². The van der Waals surface area contributed by atoms with Gasteiger partial charge >= 0.3 is 47.8 Å². The van der Waals surface area contributed by atoms with Crippen molar-refractivity contribution in [2.45, 2.75) is 103 Å². The molecule has 4 heterocycles. The second kappa shape index (κ2) is 26.9. The molecular formula is C60H68N4O24. The molecule has 5 aliphatic rings. The van der Waals surface area contributed by atoms with Gasteiger partial charge in [-0.2, -0.15) is 0 Å². The van der Waals surface area contributed by atoms with Crippen LogP contribution in [0.25, 0.3) is 0 Å². The second-order valence-corrected chi connectivity index (χ2v) is 22.0. The van der Waals surface area contributed by atoms with Crippen molar-refractivity contribution < 1.29 is 117 Å². The van der Waals surface area contributed by atoms with Gasteiger partial charge in [-0.05, 0) is 49.9 Å². The fourth-order valence-corrected chi connectivity index (χ4v) is 13.1. The summed E-state index contributed by atoms with van der Waals surface area (Å²) in [5.74, 6) is -12.9. The van der Waals surface area contributed by atoms with Gasteiger partial charge in [-0.15, -0.1) is 0 Å². The average Bonchev–Trinajstić information content (AvgIpc) is 0.799. The van der Waals surface area contributed by atoms with Gasteiger partial charge in [-0.1, -0.05) is 27.7 Å². The lowest BCUT2D eigenvalue weighted by Gasteiger charge is -2.38. The number of rotatable bonds is 28. The van der Waals surface area contributed by atoms with E-state index < -0.39 is 177 Å². The summed E-state index contributed by atoms with van der Waals surface area (Å²) in [5.41, 5.74) is 4.66. The number of nitrogens with zero attached hydrogens (tertiary/aromatic N) is 4. The lowest BCUT2D eigenvalue weighted by molar-refractivity contribution is -0.144. The first-order valence-corrected chi connectivity index (χ1v) is 28.5. The Morgan fingerprint density at radius 2 is 0.432 bits per heavy atom. The third kappa shape index (κ3) is 13.2. The predicted molar refractivity (Wildman–Crippen MR) is 301 cm³/mol. The quantitative estimate of drug-likeness (QED) is 0.0372. The highest BCUT2D eigenvalue weighted by atomic mass is 16.7. The summed E-state index contributed by atoms with van der Waals surface area (Å²) >= 11 is 0. The Labute approximate surface area is 502 Å². The van der Waals surface area contributed by atoms with Crippen molar-refractivity contribution in [2.75, 3.05) is 79.5 Å². The van der Waals surface area contributed by atoms with E-state index in [1.807, 2.05) is 52.0 Å². The number of carboxylic acid groups (broad SMARTS) is 8. The number of ether oxygens (including phenoxy) is 8. The minimum atomic E-state index is -1.34. The van der Waals surface area contributed by atoms with E-state index in [9.17, 15) is 79.2 Å². The predicted octanol–water partition coefficient (Wildman–Crippen LogP) is 4.97. The number of carboxylic acids is 8. The smallest absolute Gasteiger partial charge is 0.317 e. The number of benzene rings is 4. The van der Waals surface area contributed by atoms with Crippen molar-refractivity contribution in [3.05, 3.63) is 91.0 Å². The van der Waals surface area contributed by atoms with Crippen LogP contribution in [0.15, 0.2) is 24.3 Å². The molecule has 0 fully saturated rings. The molecule has 28 nitrogen and oxygen atoms in total. The molecule has 9 rings (SSSR count). The Hall–Kier alpha value is -9.12. The van der Waals surface area contributed by atoms with Crippen LogP contribution in [0.4, 0.5) is 0 Å². The zero-order valence-electron chi connectivity index (χ0n) is 48.7. The van der Waals surface area contributed by atoms with Crippen LogP contribution in [0.2, 0.25) is 0 Å². The Morgan fingerprint density at radius 1 is 0.295 bits per heavy atom. The molecule has 0 atom stereocenters. The van der Waals surface area contributed by atoms with Crippen LogP contribution in [0.1, 0.15) is 144 Å². The number of hydrogen-bond donors (Lipinski definition) is 8. The molecule has 8 bridgehead atoms. The topological polar surface area (TPSA) is 385 Å². The molecule has 4 aromatic rings. The molecule has 1 aliphatic carbocycles. The minimum Gasteiger partial charge on any atom is -0.480 e. The fourth-order valence-electron chi connectivity index (χ4n) is 13.1. The molecule has 4 aromatic carbocycles. The largest absolute Gasteiger partial charge is 0.480 e. The number of aliphatic carboxylic acids is 8. The van der Waals surface area contributed by atoms with E-state index in [1.165, 1.54) is 19.6 Å². The normalized spacial score (nSPS) is 17.5. The van der Waals surface area contributed by atoms with Gasteiger partial charge in [0.05, 0.1) is 74.6 Å². The molecule has 472 valence electrons. The van der Waals surface area contributed by atoms with Gasteiger partial charge in [0.2, 0.25) is 27.2 Å². The average molecular weight is 1230 g/mol. The van der Waals surface area contributed by atoms with Crippen LogP contribution in [0, 0.1) is 0 Å². The summed E-state index contributed by atoms with van der Waals surface area (Å²) in [6, 6.07) is 7.53. The van der Waals surface area contributed by atoms with Crippen molar-refractivity contribution in [3.63, 3.8) is 0 Å². The molecule has 0 aromatic heterocycles. The van der Waals surface area contributed by atoms with Crippen molar-refractivity contribution in [3.8, 4) is 46.0 Å². The van der Waals surface area contributed by atoms with Gasteiger partial charge < -0.3 is 78.7 Å². The molecule has 0 radical (unpaired) electrons. The van der Waals surface area contributed by atoms with Crippen molar-refractivity contribution in [2.24, 2.45) is 0 Å². The van der Waals surface area contributed by atoms with Gasteiger partial charge in [0.15, 0.2) is 0 Å². The first kappa shape index (κ1) is 63.4. The van der Waals surface area contributed by atoms with Gasteiger partial charge in [0, 0.05) is 94.4 Å². The lowest BCUT2D eigenvalue weighted by Crippen LogP contribution is -2.35. The Morgan fingerprint density at radius 3 is 0.545 bits per heavy atom. The van der Waals surface area contributed by atoms with Gasteiger partial charge in [0.1, 0.15) is 46.0 Å². The standard InChI is InChI=1S/C60H68N4O24/c1-5-29-33-9-35-30(6-2)37-11-39-32(8-4)40-12-38-31(7-3)36-10-34(29)54-42(14-62(19-47(69)70)20-48(71)72)56(36)84-27-86-58(38)44(16-64(23-51(77)78)24-52(79)80)60(40)88-28-87-59(39)43(15-63(21-49(73)74)22-50(75)76)57(37)85-26-83-55(35)41(53(33)81-25-82-54)13-61(17-45(65)66)18-46(67)68/h9-12,29-32H,5-8,13-28H2,1-4H3,(H,65,66)(H,67,68)(H,69,70)(H,71,72)(H,73,74)(H,75,76)(H,77,78)(H,79,80). The SMILES string of the molecule is CCC1c2cc3c4c(CN(CC(=O)O)CC(=O)O)c2OCOc2c1cc1c(c2CN(CC(=O)O)CC(=O)O)OCOc2c(cc5c(c2CN(CC(=O)O)CC(=O)O)OCOc2c(cc(c(c2CN(CC(=O)O)CC(=O)O)OCO4)C3CC)C5CC)C1CC. The zero-order valence-corrected chi connectivity index (χ0v) is 48.7. The molecule has 0 spiro atoms. The van der Waals surface area contributed by atoms with E-state index in [4.69, 9.17) is 37.9 Å². The summed E-state index contributed by atoms with van der Waals surface area (Å²) in [5, 5.41) is 81.7. The molecule has 0 unspecified atom stereocenters. The van der Waals surface area contributed by atoms with E-state index in [1.54, 1.807) is 0 Å². The second-order valence-electron chi connectivity index (χ2n) is 22.0. The molecule has 0 saturated carbocycles. The van der Waals surface area contributed by atoms with Crippen LogP contribution < -0.4 is 37.9 Å². The summed E-state index contributed by atoms with van der Waals surface area (Å²) < 4.78 is 53.5. The lowest BCUT2D eigenvalue weighted by atomic mass is 9.75. The molecule has 88 heavy (non-hydrogen) atoms. The zero-order chi connectivity index (χ0) is 63.4. The summed E-state index contributed by atoms with van der Waals surface area (Å²) in [6.07, 6.45) is 0.976. The van der Waals surface area contributed by atoms with Gasteiger partial charge in [-0.3, -0.25) is 58.0 Å². The van der Waals surface area contributed by atoms with Crippen LogP contribution in [0.5, 0.6) is 46.0 Å². The van der Waals surface area contributed by atoms with E-state index in [2.05, 4.69) is 0 Å². The van der Waals surface area contributed by atoms with Crippen molar-refractivity contribution in [1.82, 2.24) is 19.6 Å². The van der Waals surface area contributed by atoms with E-state index >= 15 is 0 Å². The summed E-state index contributed by atoms with van der Waals surface area (Å²) in [7, 11) is 0. The van der Waals surface area contributed by atoms with Crippen LogP contribution in [-0.4, -0.2) is 188 Å². The molecular weight excluding hydrogens is 1160 g/mol. The van der Waals surface area contributed by atoms with Gasteiger partial charge in [-0.25, -0.2) is 0 Å². The maximum absolute atomic E-state index is 12.5. The molecule has 8 N–H and O–H groups in total. The number of hydrogen-bond acceptors (Lipinski definition) is 20. The Balaban J connectivity index is 1.49. The van der Waals surface area contributed by atoms with Crippen LogP contribution in [0.3, 0.4) is 0 Å². The van der Waals surface area contributed by atoms with Crippen molar-refractivity contribution in [1.29, 1.82) is 0 Å². The maximum atomic E-state index is 12.5. The van der Waals surface area contributed by atoms with E-state index in [0.29, 0.717) is 44.5 Å². The monoisotopic (exact) mass is 1230 g/mol. The molecule has 4 aliphatic heterocycles. The maximum Gasteiger partial charge on any atom is 0.317 e. The Kier molecular flexibility index (Phi) is 19.4.